The van der Waals surface area contributed by atoms with E-state index < -0.39 is 23.6 Å². The summed E-state index contributed by atoms with van der Waals surface area (Å²) in [5.41, 5.74) is -0.0195. The second kappa shape index (κ2) is 5.03. The lowest BCUT2D eigenvalue weighted by Gasteiger charge is -2.10. The zero-order chi connectivity index (χ0) is 13.4. The molecule has 2 rings (SSSR count). The molecule has 0 bridgehead atoms. The maximum atomic E-state index is 13.1. The molecule has 1 unspecified atom stereocenters. The van der Waals surface area contributed by atoms with E-state index in [0.29, 0.717) is 9.35 Å². The standard InChI is InChI=1S/C12H8BrF3OS/c1-5-2-7(13)12(18-5)11(17)6-3-8(14)10(16)9(15)4-6/h2-4,11,17H,1H3. The van der Waals surface area contributed by atoms with Crippen LogP contribution < -0.4 is 0 Å². The fourth-order valence-corrected chi connectivity index (χ4v) is 3.45. The van der Waals surface area contributed by atoms with E-state index in [2.05, 4.69) is 15.9 Å². The predicted octanol–water partition coefficient (Wildman–Crippen LogP) is 4.32. The summed E-state index contributed by atoms with van der Waals surface area (Å²) in [5, 5.41) is 10.1. The third-order valence-corrected chi connectivity index (χ3v) is 4.43. The van der Waals surface area contributed by atoms with Gasteiger partial charge in [0.15, 0.2) is 17.5 Å². The molecule has 1 N–H and O–H groups in total. The largest absolute Gasteiger partial charge is 0.383 e. The smallest absolute Gasteiger partial charge is 0.194 e. The molecule has 0 fully saturated rings. The molecule has 0 spiro atoms. The van der Waals surface area contributed by atoms with E-state index in [0.717, 1.165) is 17.0 Å². The van der Waals surface area contributed by atoms with Crippen LogP contribution in [-0.4, -0.2) is 5.11 Å². The molecule has 96 valence electrons. The lowest BCUT2D eigenvalue weighted by Crippen LogP contribution is -2.02. The summed E-state index contributed by atoms with van der Waals surface area (Å²) in [6.45, 7) is 1.84. The number of hydrogen-bond acceptors (Lipinski definition) is 2. The number of rotatable bonds is 2. The predicted molar refractivity (Wildman–Crippen MR) is 67.1 cm³/mol. The molecule has 1 aromatic heterocycles. The Balaban J connectivity index is 2.46. The molecule has 1 heterocycles. The van der Waals surface area contributed by atoms with Crippen molar-refractivity contribution in [3.63, 3.8) is 0 Å². The molecule has 0 saturated carbocycles. The van der Waals surface area contributed by atoms with Crippen LogP contribution in [0.2, 0.25) is 0 Å². The van der Waals surface area contributed by atoms with Crippen molar-refractivity contribution in [1.82, 2.24) is 0 Å². The Bertz CT molecular complexity index is 574. The number of thiophene rings is 1. The summed E-state index contributed by atoms with van der Waals surface area (Å²) >= 11 is 4.55. The first-order valence-corrected chi connectivity index (χ1v) is 6.59. The highest BCUT2D eigenvalue weighted by atomic mass is 79.9. The van der Waals surface area contributed by atoms with Gasteiger partial charge < -0.3 is 5.11 Å². The zero-order valence-corrected chi connectivity index (χ0v) is 11.6. The molecule has 18 heavy (non-hydrogen) atoms. The Morgan fingerprint density at radius 2 is 1.72 bits per heavy atom. The maximum Gasteiger partial charge on any atom is 0.194 e. The molecule has 1 atom stereocenters. The number of aryl methyl sites for hydroxylation is 1. The van der Waals surface area contributed by atoms with Crippen LogP contribution in [0.3, 0.4) is 0 Å². The summed E-state index contributed by atoms with van der Waals surface area (Å²) in [7, 11) is 0. The van der Waals surface area contributed by atoms with Crippen molar-refractivity contribution >= 4 is 27.3 Å². The lowest BCUT2D eigenvalue weighted by atomic mass is 10.1. The molecule has 0 aliphatic heterocycles. The Morgan fingerprint density at radius 1 is 1.17 bits per heavy atom. The first-order valence-electron chi connectivity index (χ1n) is 4.98. The summed E-state index contributed by atoms with van der Waals surface area (Å²) in [6, 6.07) is 3.38. The molecular formula is C12H8BrF3OS. The van der Waals surface area contributed by atoms with Crippen LogP contribution in [0, 0.1) is 24.4 Å². The Hall–Kier alpha value is -0.850. The minimum atomic E-state index is -1.53. The van der Waals surface area contributed by atoms with Crippen LogP contribution in [0.15, 0.2) is 22.7 Å². The highest BCUT2D eigenvalue weighted by molar-refractivity contribution is 9.10. The number of benzene rings is 1. The minimum absolute atomic E-state index is 0.0195. The van der Waals surface area contributed by atoms with Crippen molar-refractivity contribution < 1.29 is 18.3 Å². The number of aliphatic hydroxyl groups is 1. The molecule has 6 heteroatoms. The molecule has 0 saturated heterocycles. The topological polar surface area (TPSA) is 20.2 Å². The molecule has 0 aliphatic rings. The van der Waals surface area contributed by atoms with Gasteiger partial charge >= 0.3 is 0 Å². The zero-order valence-electron chi connectivity index (χ0n) is 9.18. The number of hydrogen-bond donors (Lipinski definition) is 1. The Morgan fingerprint density at radius 3 is 2.17 bits per heavy atom. The van der Waals surface area contributed by atoms with Gasteiger partial charge in [0, 0.05) is 9.35 Å². The Labute approximate surface area is 114 Å². The van der Waals surface area contributed by atoms with Crippen molar-refractivity contribution in [2.45, 2.75) is 13.0 Å². The van der Waals surface area contributed by atoms with E-state index >= 15 is 0 Å². The quantitative estimate of drug-likeness (QED) is 0.810. The van der Waals surface area contributed by atoms with E-state index in [9.17, 15) is 18.3 Å². The van der Waals surface area contributed by atoms with Gasteiger partial charge in [-0.2, -0.15) is 0 Å². The highest BCUT2D eigenvalue weighted by Gasteiger charge is 2.20. The second-order valence-corrected chi connectivity index (χ2v) is 5.91. The third kappa shape index (κ3) is 2.46. The summed E-state index contributed by atoms with van der Waals surface area (Å²) in [5.74, 6) is -4.16. The molecule has 0 radical (unpaired) electrons. The van der Waals surface area contributed by atoms with Crippen LogP contribution in [0.25, 0.3) is 0 Å². The van der Waals surface area contributed by atoms with Crippen molar-refractivity contribution in [3.05, 3.63) is 55.4 Å². The molecule has 1 nitrogen and oxygen atoms in total. The van der Waals surface area contributed by atoms with Gasteiger partial charge in [-0.25, -0.2) is 13.2 Å². The molecule has 0 amide bonds. The fourth-order valence-electron chi connectivity index (χ4n) is 1.57. The summed E-state index contributed by atoms with van der Waals surface area (Å²) in [6.07, 6.45) is -1.19. The molecule has 1 aromatic carbocycles. The lowest BCUT2D eigenvalue weighted by molar-refractivity contribution is 0.221. The first kappa shape index (κ1) is 13.6. The summed E-state index contributed by atoms with van der Waals surface area (Å²) < 4.78 is 39.7. The molecule has 0 aliphatic carbocycles. The van der Waals surface area contributed by atoms with E-state index in [-0.39, 0.29) is 5.56 Å². The monoisotopic (exact) mass is 336 g/mol. The van der Waals surface area contributed by atoms with Gasteiger partial charge in [-0.15, -0.1) is 11.3 Å². The van der Waals surface area contributed by atoms with Gasteiger partial charge in [-0.3, -0.25) is 0 Å². The summed E-state index contributed by atoms with van der Waals surface area (Å²) in [4.78, 5) is 1.47. The van der Waals surface area contributed by atoms with E-state index in [1.165, 1.54) is 11.3 Å². The average Bonchev–Trinajstić information content (AvgIpc) is 2.63. The van der Waals surface area contributed by atoms with E-state index in [1.807, 2.05) is 6.92 Å². The Kier molecular flexibility index (Phi) is 3.79. The van der Waals surface area contributed by atoms with Crippen LogP contribution in [-0.2, 0) is 0 Å². The van der Waals surface area contributed by atoms with E-state index in [4.69, 9.17) is 0 Å². The van der Waals surface area contributed by atoms with Gasteiger partial charge in [0.05, 0.1) is 4.88 Å². The van der Waals surface area contributed by atoms with Crippen molar-refractivity contribution in [1.29, 1.82) is 0 Å². The van der Waals surface area contributed by atoms with Crippen molar-refractivity contribution in [2.24, 2.45) is 0 Å². The average molecular weight is 337 g/mol. The van der Waals surface area contributed by atoms with Gasteiger partial charge in [0.25, 0.3) is 0 Å². The van der Waals surface area contributed by atoms with Crippen LogP contribution in [0.5, 0.6) is 0 Å². The second-order valence-electron chi connectivity index (χ2n) is 3.77. The SMILES string of the molecule is Cc1cc(Br)c(C(O)c2cc(F)c(F)c(F)c2)s1. The number of halogens is 4. The van der Waals surface area contributed by atoms with E-state index in [1.54, 1.807) is 6.07 Å². The fraction of sp³-hybridized carbons (Fsp3) is 0.167. The first-order chi connectivity index (χ1) is 8.40. The van der Waals surface area contributed by atoms with Crippen LogP contribution >= 0.6 is 27.3 Å². The maximum absolute atomic E-state index is 13.1. The minimum Gasteiger partial charge on any atom is -0.383 e. The normalized spacial score (nSPS) is 12.8. The van der Waals surface area contributed by atoms with Gasteiger partial charge in [0.1, 0.15) is 6.10 Å². The highest BCUT2D eigenvalue weighted by Crippen LogP contribution is 2.36. The van der Waals surface area contributed by atoms with Crippen LogP contribution in [0.1, 0.15) is 21.4 Å². The van der Waals surface area contributed by atoms with Crippen molar-refractivity contribution in [3.8, 4) is 0 Å². The van der Waals surface area contributed by atoms with Gasteiger partial charge in [0.2, 0.25) is 0 Å². The third-order valence-electron chi connectivity index (χ3n) is 2.41. The number of aliphatic hydroxyl groups excluding tert-OH is 1. The van der Waals surface area contributed by atoms with Crippen LogP contribution in [0.4, 0.5) is 13.2 Å². The molecule has 2 aromatic rings. The van der Waals surface area contributed by atoms with Gasteiger partial charge in [-0.05, 0) is 46.6 Å². The molecular weight excluding hydrogens is 329 g/mol. The van der Waals surface area contributed by atoms with Crippen molar-refractivity contribution in [2.75, 3.05) is 0 Å². The van der Waals surface area contributed by atoms with Gasteiger partial charge in [-0.1, -0.05) is 0 Å².